The Morgan fingerprint density at radius 3 is 2.49 bits per heavy atom. The fraction of sp³-hybridized carbons (Fsp3) is 0.567. The number of amides is 1. The number of ether oxygens (including phenoxy) is 5. The number of phosphoric acid groups is 1. The van der Waals surface area contributed by atoms with Gasteiger partial charge in [-0.15, -0.1) is 0 Å². The molecule has 47 heavy (non-hydrogen) atoms. The molecule has 1 saturated carbocycles. The van der Waals surface area contributed by atoms with Crippen molar-refractivity contribution in [3.8, 4) is 11.5 Å². The van der Waals surface area contributed by atoms with Crippen LogP contribution >= 0.6 is 7.82 Å². The van der Waals surface area contributed by atoms with E-state index in [-0.39, 0.29) is 36.2 Å². The molecule has 15 nitrogen and oxygen atoms in total. The van der Waals surface area contributed by atoms with Crippen LogP contribution in [-0.2, 0) is 44.6 Å². The molecule has 5 atom stereocenters. The van der Waals surface area contributed by atoms with Crippen molar-refractivity contribution in [1.29, 1.82) is 0 Å². The molecule has 1 aliphatic carbocycles. The van der Waals surface area contributed by atoms with E-state index in [1.54, 1.807) is 30.3 Å². The molecule has 0 radical (unpaired) electrons. The summed E-state index contributed by atoms with van der Waals surface area (Å²) in [5, 5.41) is 2.69. The van der Waals surface area contributed by atoms with Crippen LogP contribution in [-0.4, -0.2) is 92.4 Å². The Balaban J connectivity index is 1.30. The number of sulfonamides is 1. The normalized spacial score (nSPS) is 24.2. The molecule has 0 spiro atoms. The molecule has 4 aliphatic rings. The monoisotopic (exact) mass is 698 g/mol. The van der Waals surface area contributed by atoms with E-state index in [1.807, 2.05) is 0 Å². The molecule has 6 rings (SSSR count). The molecule has 2 saturated heterocycles. The minimum Gasteiger partial charge on any atom is -0.486 e. The van der Waals surface area contributed by atoms with Crippen LogP contribution in [0.2, 0.25) is 0 Å². The summed E-state index contributed by atoms with van der Waals surface area (Å²) in [4.78, 5) is 39.2. The Morgan fingerprint density at radius 1 is 1.00 bits per heavy atom. The molecule has 258 valence electrons. The Hall–Kier alpha value is -2.79. The molecule has 2 aromatic carbocycles. The van der Waals surface area contributed by atoms with E-state index in [0.717, 1.165) is 12.8 Å². The number of phosphoric ester groups is 1. The van der Waals surface area contributed by atoms with Crippen LogP contribution in [0.1, 0.15) is 37.7 Å². The molecule has 3 aliphatic heterocycles. The number of carbonyl (C=O) groups is 1. The number of rotatable bonds is 13. The lowest BCUT2D eigenvalue weighted by atomic mass is 10.0. The number of nitrogens with one attached hydrogen (secondary N) is 1. The summed E-state index contributed by atoms with van der Waals surface area (Å²) in [5.41, 5.74) is 0.684. The number of nitrogens with zero attached hydrogens (tertiary/aromatic N) is 1. The fourth-order valence-corrected chi connectivity index (χ4v) is 8.11. The van der Waals surface area contributed by atoms with Gasteiger partial charge < -0.3 is 38.8 Å². The highest BCUT2D eigenvalue weighted by Crippen LogP contribution is 2.40. The lowest BCUT2D eigenvalue weighted by Gasteiger charge is -2.33. The molecule has 0 unspecified atom stereocenters. The van der Waals surface area contributed by atoms with Crippen LogP contribution in [0.25, 0.3) is 0 Å². The molecule has 3 heterocycles. The summed E-state index contributed by atoms with van der Waals surface area (Å²) in [6, 6.07) is 11.8. The van der Waals surface area contributed by atoms with Crippen molar-refractivity contribution in [2.75, 3.05) is 33.0 Å². The van der Waals surface area contributed by atoms with Crippen LogP contribution in [0.3, 0.4) is 0 Å². The predicted octanol–water partition coefficient (Wildman–Crippen LogP) is 2.90. The molecule has 1 amide bonds. The van der Waals surface area contributed by atoms with Gasteiger partial charge in [-0.25, -0.2) is 17.8 Å². The first-order chi connectivity index (χ1) is 22.5. The zero-order valence-electron chi connectivity index (χ0n) is 25.5. The van der Waals surface area contributed by atoms with Crippen molar-refractivity contribution in [3.05, 3.63) is 54.1 Å². The zero-order chi connectivity index (χ0) is 33.0. The van der Waals surface area contributed by atoms with Crippen molar-refractivity contribution in [1.82, 2.24) is 9.79 Å². The van der Waals surface area contributed by atoms with Gasteiger partial charge in [-0.05, 0) is 43.4 Å². The van der Waals surface area contributed by atoms with Crippen LogP contribution in [0.5, 0.6) is 11.5 Å². The lowest BCUT2D eigenvalue weighted by Crippen LogP contribution is -2.52. The van der Waals surface area contributed by atoms with Crippen LogP contribution in [0, 0.1) is 5.92 Å². The third-order valence-corrected chi connectivity index (χ3v) is 10.7. The van der Waals surface area contributed by atoms with E-state index in [1.165, 1.54) is 18.2 Å². The Labute approximate surface area is 272 Å². The zero-order valence-corrected chi connectivity index (χ0v) is 27.3. The molecular formula is C30H39N2O13PS. The van der Waals surface area contributed by atoms with Crippen LogP contribution < -0.4 is 14.8 Å². The van der Waals surface area contributed by atoms with E-state index >= 15 is 0 Å². The number of hydrogen-bond acceptors (Lipinski definition) is 11. The van der Waals surface area contributed by atoms with Gasteiger partial charge in [0.15, 0.2) is 17.8 Å². The maximum atomic E-state index is 14.2. The quantitative estimate of drug-likeness (QED) is 0.205. The summed E-state index contributed by atoms with van der Waals surface area (Å²) in [5.74, 6) is 0.468. The Morgan fingerprint density at radius 2 is 1.74 bits per heavy atom. The molecule has 0 aromatic heterocycles. The largest absolute Gasteiger partial charge is 0.486 e. The van der Waals surface area contributed by atoms with E-state index in [0.29, 0.717) is 48.3 Å². The first kappa shape index (κ1) is 34.1. The van der Waals surface area contributed by atoms with Gasteiger partial charge in [0.1, 0.15) is 25.4 Å². The van der Waals surface area contributed by atoms with Gasteiger partial charge in [0.2, 0.25) is 0 Å². The van der Waals surface area contributed by atoms with Crippen molar-refractivity contribution in [2.45, 2.75) is 74.1 Å². The summed E-state index contributed by atoms with van der Waals surface area (Å²) in [6.07, 6.45) is -0.529. The fourth-order valence-electron chi connectivity index (χ4n) is 6.23. The number of benzene rings is 2. The molecule has 3 N–H and O–H groups in total. The van der Waals surface area contributed by atoms with Crippen LogP contribution in [0.4, 0.5) is 4.79 Å². The SMILES string of the molecule is O=C(N[C@@H](Cc1ccccc1)[C@H](CN(OC1CCCC1)S(=O)(=O)c1ccc2c(c1)OCCO2)OP(=O)(O)O)O[C@H]1CO[C@H]2OCC[C@H]21. The number of hydrogen-bond donors (Lipinski definition) is 3. The second kappa shape index (κ2) is 14.8. The van der Waals surface area contributed by atoms with Gasteiger partial charge in [0.05, 0.1) is 42.7 Å². The molecule has 3 fully saturated rings. The van der Waals surface area contributed by atoms with Gasteiger partial charge in [-0.1, -0.05) is 47.6 Å². The standard InChI is InChI=1S/C30H39N2O13PS/c33-30(43-28-19-42-29-23(28)12-13-41-29)31-24(16-20-6-2-1-3-7-20)27(45-46(34,35)36)18-32(44-21-8-4-5-9-21)47(37,38)22-10-11-25-26(17-22)40-15-14-39-25/h1-3,6-7,10-11,17,21,23-24,27-29H,4-5,8-9,12-16,18-19H2,(H,31,33)(H2,34,35,36)/t23-,24-,27-,28-,29+/m0/s1. The van der Waals surface area contributed by atoms with Gasteiger partial charge >= 0.3 is 13.9 Å². The molecule has 0 bridgehead atoms. The molecule has 17 heteroatoms. The number of alkyl carbamates (subject to hydrolysis) is 1. The molecular weight excluding hydrogens is 659 g/mol. The summed E-state index contributed by atoms with van der Waals surface area (Å²) in [6.45, 7) is 0.479. The third-order valence-electron chi connectivity index (χ3n) is 8.54. The Bertz CT molecular complexity index is 1540. The van der Waals surface area contributed by atoms with E-state index < -0.39 is 61.1 Å². The number of carbonyl (C=O) groups excluding carboxylic acids is 1. The van der Waals surface area contributed by atoms with Crippen molar-refractivity contribution in [3.63, 3.8) is 0 Å². The molecule has 2 aromatic rings. The first-order valence-electron chi connectivity index (χ1n) is 15.6. The summed E-state index contributed by atoms with van der Waals surface area (Å²) in [7, 11) is -9.71. The van der Waals surface area contributed by atoms with Crippen LogP contribution in [0.15, 0.2) is 53.4 Å². The average Bonchev–Trinajstić information content (AvgIpc) is 3.81. The number of hydroxylamine groups is 1. The highest BCUT2D eigenvalue weighted by molar-refractivity contribution is 7.89. The van der Waals surface area contributed by atoms with E-state index in [2.05, 4.69) is 5.32 Å². The maximum Gasteiger partial charge on any atom is 0.469 e. The van der Waals surface area contributed by atoms with Gasteiger partial charge in [0.25, 0.3) is 10.0 Å². The minimum atomic E-state index is -5.24. The first-order valence-corrected chi connectivity index (χ1v) is 18.6. The maximum absolute atomic E-state index is 14.2. The topological polar surface area (TPSA) is 189 Å². The highest BCUT2D eigenvalue weighted by Gasteiger charge is 2.45. The smallest absolute Gasteiger partial charge is 0.469 e. The Kier molecular flexibility index (Phi) is 10.7. The van der Waals surface area contributed by atoms with Crippen molar-refractivity contribution >= 4 is 23.9 Å². The highest BCUT2D eigenvalue weighted by atomic mass is 32.2. The summed E-state index contributed by atoms with van der Waals surface area (Å²) < 4.78 is 74.5. The van der Waals surface area contributed by atoms with Crippen molar-refractivity contribution < 1.29 is 60.6 Å². The average molecular weight is 699 g/mol. The van der Waals surface area contributed by atoms with Gasteiger partial charge in [0, 0.05) is 6.07 Å². The lowest BCUT2D eigenvalue weighted by molar-refractivity contribution is -0.144. The third kappa shape index (κ3) is 8.63. The summed E-state index contributed by atoms with van der Waals surface area (Å²) >= 11 is 0. The van der Waals surface area contributed by atoms with E-state index in [4.69, 9.17) is 33.0 Å². The van der Waals surface area contributed by atoms with Crippen molar-refractivity contribution in [2.24, 2.45) is 5.92 Å². The minimum absolute atomic E-state index is 0.0122. The van der Waals surface area contributed by atoms with E-state index in [9.17, 15) is 27.6 Å². The predicted molar refractivity (Wildman–Crippen MR) is 163 cm³/mol. The second-order valence-corrected chi connectivity index (χ2v) is 14.9. The second-order valence-electron chi connectivity index (χ2n) is 11.9. The number of fused-ring (bicyclic) bond motifs is 2. The van der Waals surface area contributed by atoms with Gasteiger partial charge in [-0.3, -0.25) is 9.36 Å². The van der Waals surface area contributed by atoms with Gasteiger partial charge in [-0.2, -0.15) is 0 Å².